The second kappa shape index (κ2) is 4.04. The molecule has 0 fully saturated rings. The molecule has 1 heterocycles. The molecule has 0 spiro atoms. The SMILES string of the molecule is O=C(O)c1cccc(-c2ccc(Cl)s2)c1. The van der Waals surface area contributed by atoms with E-state index in [-0.39, 0.29) is 5.56 Å². The van der Waals surface area contributed by atoms with Crippen LogP contribution in [0.5, 0.6) is 0 Å². The average Bonchev–Trinajstić information content (AvgIpc) is 2.65. The summed E-state index contributed by atoms with van der Waals surface area (Å²) >= 11 is 7.25. The summed E-state index contributed by atoms with van der Waals surface area (Å²) in [5, 5.41) is 8.84. The second-order valence-electron chi connectivity index (χ2n) is 2.99. The van der Waals surface area contributed by atoms with Gasteiger partial charge in [-0.25, -0.2) is 4.79 Å². The molecular formula is C11H7ClO2S. The van der Waals surface area contributed by atoms with Crippen molar-refractivity contribution in [2.45, 2.75) is 0 Å². The first-order valence-electron chi connectivity index (χ1n) is 4.26. The van der Waals surface area contributed by atoms with E-state index in [1.165, 1.54) is 11.3 Å². The largest absolute Gasteiger partial charge is 0.478 e. The van der Waals surface area contributed by atoms with Crippen molar-refractivity contribution >= 4 is 28.9 Å². The van der Waals surface area contributed by atoms with Crippen molar-refractivity contribution < 1.29 is 9.90 Å². The van der Waals surface area contributed by atoms with Crippen LogP contribution >= 0.6 is 22.9 Å². The summed E-state index contributed by atoms with van der Waals surface area (Å²) in [4.78, 5) is 11.7. The predicted octanol–water partition coefficient (Wildman–Crippen LogP) is 3.77. The Hall–Kier alpha value is -1.32. The summed E-state index contributed by atoms with van der Waals surface area (Å²) in [6.07, 6.45) is 0. The molecule has 1 N–H and O–H groups in total. The minimum atomic E-state index is -0.917. The van der Waals surface area contributed by atoms with Gasteiger partial charge >= 0.3 is 5.97 Å². The van der Waals surface area contributed by atoms with Gasteiger partial charge in [0, 0.05) is 4.88 Å². The molecule has 0 saturated heterocycles. The zero-order valence-corrected chi connectivity index (χ0v) is 9.18. The summed E-state index contributed by atoms with van der Waals surface area (Å²) in [7, 11) is 0. The molecule has 0 unspecified atom stereocenters. The molecule has 0 atom stereocenters. The van der Waals surface area contributed by atoms with E-state index in [0.29, 0.717) is 4.34 Å². The van der Waals surface area contributed by atoms with Gasteiger partial charge in [0.15, 0.2) is 0 Å². The number of hydrogen-bond donors (Lipinski definition) is 1. The first kappa shape index (κ1) is 10.2. The van der Waals surface area contributed by atoms with Crippen LogP contribution in [0.2, 0.25) is 4.34 Å². The maximum atomic E-state index is 10.8. The lowest BCUT2D eigenvalue weighted by Gasteiger charge is -1.98. The Morgan fingerprint density at radius 3 is 2.67 bits per heavy atom. The third kappa shape index (κ3) is 2.19. The summed E-state index contributed by atoms with van der Waals surface area (Å²) in [5.74, 6) is -0.917. The van der Waals surface area contributed by atoms with Crippen LogP contribution in [0.25, 0.3) is 10.4 Å². The average molecular weight is 239 g/mol. The van der Waals surface area contributed by atoms with Crippen LogP contribution in [-0.2, 0) is 0 Å². The van der Waals surface area contributed by atoms with Gasteiger partial charge in [-0.2, -0.15) is 0 Å². The number of carboxylic acids is 1. The molecule has 2 nitrogen and oxygen atoms in total. The topological polar surface area (TPSA) is 37.3 Å². The van der Waals surface area contributed by atoms with Crippen LogP contribution in [0.1, 0.15) is 10.4 Å². The third-order valence-corrected chi connectivity index (χ3v) is 3.25. The zero-order chi connectivity index (χ0) is 10.8. The number of halogens is 1. The van der Waals surface area contributed by atoms with Gasteiger partial charge in [-0.05, 0) is 29.8 Å². The fourth-order valence-corrected chi connectivity index (χ4v) is 2.31. The Morgan fingerprint density at radius 1 is 1.27 bits per heavy atom. The van der Waals surface area contributed by atoms with Crippen molar-refractivity contribution in [3.05, 3.63) is 46.3 Å². The lowest BCUT2D eigenvalue weighted by atomic mass is 10.1. The Morgan fingerprint density at radius 2 is 2.07 bits per heavy atom. The summed E-state index contributed by atoms with van der Waals surface area (Å²) in [6.45, 7) is 0. The number of carboxylic acid groups (broad SMARTS) is 1. The lowest BCUT2D eigenvalue weighted by molar-refractivity contribution is 0.0697. The molecule has 0 aliphatic rings. The standard InChI is InChI=1S/C11H7ClO2S/c12-10-5-4-9(15-10)7-2-1-3-8(6-7)11(13)14/h1-6H,(H,13,14). The van der Waals surface area contributed by atoms with E-state index in [9.17, 15) is 4.79 Å². The van der Waals surface area contributed by atoms with Crippen LogP contribution in [0.4, 0.5) is 0 Å². The fraction of sp³-hybridized carbons (Fsp3) is 0. The Balaban J connectivity index is 2.45. The highest BCUT2D eigenvalue weighted by atomic mass is 35.5. The predicted molar refractivity (Wildman–Crippen MR) is 61.7 cm³/mol. The normalized spacial score (nSPS) is 10.2. The van der Waals surface area contributed by atoms with Crippen LogP contribution < -0.4 is 0 Å². The van der Waals surface area contributed by atoms with Gasteiger partial charge in [0.25, 0.3) is 0 Å². The molecule has 0 aliphatic heterocycles. The Bertz CT molecular complexity index is 505. The van der Waals surface area contributed by atoms with E-state index in [1.54, 1.807) is 24.3 Å². The highest BCUT2D eigenvalue weighted by molar-refractivity contribution is 7.19. The van der Waals surface area contributed by atoms with Gasteiger partial charge in [-0.1, -0.05) is 23.7 Å². The van der Waals surface area contributed by atoms with E-state index in [4.69, 9.17) is 16.7 Å². The van der Waals surface area contributed by atoms with Crippen LogP contribution in [0.3, 0.4) is 0 Å². The van der Waals surface area contributed by atoms with E-state index >= 15 is 0 Å². The smallest absolute Gasteiger partial charge is 0.335 e. The van der Waals surface area contributed by atoms with Crippen LogP contribution in [0.15, 0.2) is 36.4 Å². The number of hydrogen-bond acceptors (Lipinski definition) is 2. The monoisotopic (exact) mass is 238 g/mol. The molecule has 76 valence electrons. The van der Waals surface area contributed by atoms with Gasteiger partial charge in [-0.15, -0.1) is 11.3 Å². The second-order valence-corrected chi connectivity index (χ2v) is 4.70. The molecule has 0 bridgehead atoms. The highest BCUT2D eigenvalue weighted by Crippen LogP contribution is 2.31. The number of aromatic carboxylic acids is 1. The van der Waals surface area contributed by atoms with Gasteiger partial charge in [0.05, 0.1) is 9.90 Å². The maximum absolute atomic E-state index is 10.8. The first-order chi connectivity index (χ1) is 7.16. The van der Waals surface area contributed by atoms with Gasteiger partial charge in [0.1, 0.15) is 0 Å². The van der Waals surface area contributed by atoms with Gasteiger partial charge in [0.2, 0.25) is 0 Å². The van der Waals surface area contributed by atoms with Crippen molar-refractivity contribution in [1.82, 2.24) is 0 Å². The van der Waals surface area contributed by atoms with E-state index < -0.39 is 5.97 Å². The Labute approximate surface area is 95.8 Å². The quantitative estimate of drug-likeness (QED) is 0.865. The minimum absolute atomic E-state index is 0.289. The first-order valence-corrected chi connectivity index (χ1v) is 5.45. The zero-order valence-electron chi connectivity index (χ0n) is 7.61. The molecule has 0 radical (unpaired) electrons. The molecule has 1 aromatic carbocycles. The maximum Gasteiger partial charge on any atom is 0.335 e. The van der Waals surface area contributed by atoms with E-state index in [0.717, 1.165) is 10.4 Å². The van der Waals surface area contributed by atoms with Gasteiger partial charge < -0.3 is 5.11 Å². The van der Waals surface area contributed by atoms with Gasteiger partial charge in [-0.3, -0.25) is 0 Å². The highest BCUT2D eigenvalue weighted by Gasteiger charge is 2.06. The molecular weight excluding hydrogens is 232 g/mol. The minimum Gasteiger partial charge on any atom is -0.478 e. The van der Waals surface area contributed by atoms with E-state index in [1.807, 2.05) is 12.1 Å². The van der Waals surface area contributed by atoms with Crippen LogP contribution in [0, 0.1) is 0 Å². The van der Waals surface area contributed by atoms with Crippen molar-refractivity contribution in [2.75, 3.05) is 0 Å². The van der Waals surface area contributed by atoms with E-state index in [2.05, 4.69) is 0 Å². The Kier molecular flexibility index (Phi) is 2.75. The van der Waals surface area contributed by atoms with Crippen molar-refractivity contribution in [1.29, 1.82) is 0 Å². The molecule has 15 heavy (non-hydrogen) atoms. The van der Waals surface area contributed by atoms with Crippen molar-refractivity contribution in [2.24, 2.45) is 0 Å². The summed E-state index contributed by atoms with van der Waals surface area (Å²) in [5.41, 5.74) is 1.17. The molecule has 0 aliphatic carbocycles. The number of carbonyl (C=O) groups is 1. The molecule has 0 amide bonds. The van der Waals surface area contributed by atoms with Crippen molar-refractivity contribution in [3.8, 4) is 10.4 Å². The summed E-state index contributed by atoms with van der Waals surface area (Å²) < 4.78 is 0.700. The third-order valence-electron chi connectivity index (χ3n) is 1.97. The van der Waals surface area contributed by atoms with Crippen molar-refractivity contribution in [3.63, 3.8) is 0 Å². The lowest BCUT2D eigenvalue weighted by Crippen LogP contribution is -1.95. The number of thiophene rings is 1. The summed E-state index contributed by atoms with van der Waals surface area (Å²) in [6, 6.07) is 10.5. The number of rotatable bonds is 2. The fourth-order valence-electron chi connectivity index (χ4n) is 1.27. The molecule has 1 aromatic heterocycles. The molecule has 4 heteroatoms. The van der Waals surface area contributed by atoms with Crippen LogP contribution in [-0.4, -0.2) is 11.1 Å². The molecule has 2 rings (SSSR count). The molecule has 2 aromatic rings. The number of benzene rings is 1. The molecule has 0 saturated carbocycles.